The summed E-state index contributed by atoms with van der Waals surface area (Å²) < 4.78 is 6.41. The fourth-order valence-electron chi connectivity index (χ4n) is 8.62. The van der Waals surface area contributed by atoms with Crippen molar-refractivity contribution in [3.63, 3.8) is 0 Å². The number of nitrogens with one attached hydrogen (secondary N) is 1. The number of phenolic OH excluding ortho intramolecular Hbond substituents is 1. The van der Waals surface area contributed by atoms with E-state index in [9.17, 15) is 5.11 Å². The molecule has 0 fully saturated rings. The van der Waals surface area contributed by atoms with Gasteiger partial charge in [-0.1, -0.05) is 32.9 Å². The molecule has 0 amide bonds. The van der Waals surface area contributed by atoms with Crippen molar-refractivity contribution in [3.05, 3.63) is 151 Å². The summed E-state index contributed by atoms with van der Waals surface area (Å²) >= 11 is 0. The summed E-state index contributed by atoms with van der Waals surface area (Å²) in [6.07, 6.45) is 3.23. The predicted octanol–water partition coefficient (Wildman–Crippen LogP) is 10.4. The van der Waals surface area contributed by atoms with Gasteiger partial charge in [0.1, 0.15) is 5.75 Å². The van der Waals surface area contributed by atoms with Crippen molar-refractivity contribution in [2.75, 3.05) is 19.3 Å². The standard InChI is InChI=1S/C47H60NO2P/c1-8-48-45(38-26-30-39(49)31-27-38)47(6,7)46(4,5)44(36(2)3)37-28-32-40(33-29-37)50-34-18-19-35-51(41-20-12-9-13-21-41,42-22-14-10-15-23-42)43-24-16-11-17-25-43/h9-17,20-33,36,44-45,48-49,51H,8,18-19,34-35H2,1-7H3. The van der Waals surface area contributed by atoms with E-state index in [4.69, 9.17) is 4.74 Å². The minimum atomic E-state index is -2.23. The molecule has 0 aliphatic rings. The molecule has 0 saturated heterocycles. The molecule has 2 unspecified atom stereocenters. The topological polar surface area (TPSA) is 41.5 Å². The predicted molar refractivity (Wildman–Crippen MR) is 222 cm³/mol. The zero-order valence-corrected chi connectivity index (χ0v) is 32.9. The molecule has 2 N–H and O–H groups in total. The molecule has 5 aromatic rings. The Morgan fingerprint density at radius 1 is 0.608 bits per heavy atom. The zero-order valence-electron chi connectivity index (χ0n) is 31.9. The van der Waals surface area contributed by atoms with E-state index in [0.29, 0.717) is 24.2 Å². The summed E-state index contributed by atoms with van der Waals surface area (Å²) in [5.41, 5.74) is 2.37. The molecule has 0 saturated carbocycles. The third-order valence-corrected chi connectivity index (χ3v) is 16.8. The van der Waals surface area contributed by atoms with Crippen LogP contribution in [-0.2, 0) is 0 Å². The van der Waals surface area contributed by atoms with Crippen LogP contribution < -0.4 is 26.0 Å². The Labute approximate surface area is 308 Å². The number of unbranched alkanes of at least 4 members (excludes halogenated alkanes) is 1. The van der Waals surface area contributed by atoms with Gasteiger partial charge in [0.2, 0.25) is 0 Å². The number of phenols is 1. The van der Waals surface area contributed by atoms with Crippen LogP contribution in [0.1, 0.15) is 84.4 Å². The molecule has 0 spiro atoms. The monoisotopic (exact) mass is 701 g/mol. The van der Waals surface area contributed by atoms with E-state index in [1.807, 2.05) is 0 Å². The molecule has 51 heavy (non-hydrogen) atoms. The van der Waals surface area contributed by atoms with Crippen LogP contribution in [-0.4, -0.2) is 24.4 Å². The van der Waals surface area contributed by atoms with Gasteiger partial charge >= 0.3 is 230 Å². The van der Waals surface area contributed by atoms with Crippen molar-refractivity contribution in [1.82, 2.24) is 5.32 Å². The first kappa shape index (κ1) is 38.3. The first-order valence-electron chi connectivity index (χ1n) is 18.9. The van der Waals surface area contributed by atoms with Crippen molar-refractivity contribution in [2.45, 2.75) is 73.3 Å². The second-order valence-electron chi connectivity index (χ2n) is 15.6. The first-order valence-corrected chi connectivity index (χ1v) is 21.1. The van der Waals surface area contributed by atoms with Gasteiger partial charge in [-0.2, -0.15) is 0 Å². The third-order valence-electron chi connectivity index (χ3n) is 11.7. The Hall–Kier alpha value is -3.91. The van der Waals surface area contributed by atoms with E-state index in [2.05, 4.69) is 181 Å². The van der Waals surface area contributed by atoms with Crippen molar-refractivity contribution in [3.8, 4) is 11.5 Å². The minimum absolute atomic E-state index is 0.0685. The van der Waals surface area contributed by atoms with Crippen LogP contribution in [0.2, 0.25) is 0 Å². The fraction of sp³-hybridized carbons (Fsp3) is 0.362. The molecule has 5 rings (SSSR count). The molecule has 270 valence electrons. The first-order chi connectivity index (χ1) is 24.5. The molecular weight excluding hydrogens is 641 g/mol. The molecule has 4 heteroatoms. The Bertz CT molecular complexity index is 1650. The van der Waals surface area contributed by atoms with E-state index in [-0.39, 0.29) is 16.9 Å². The number of benzene rings is 5. The van der Waals surface area contributed by atoms with E-state index in [1.165, 1.54) is 27.0 Å². The molecule has 0 bridgehead atoms. The second-order valence-corrected chi connectivity index (χ2v) is 19.7. The van der Waals surface area contributed by atoms with Gasteiger partial charge in [-0.3, -0.25) is 0 Å². The SMILES string of the molecule is CCNC(c1ccc(O)cc1)C(C)(C)C(C)(C)C(c1ccc(OCCCC[PH](c2ccccc2)(c2ccccc2)c2ccccc2)cc1)C(C)C. The molecule has 0 aromatic heterocycles. The molecule has 2 atom stereocenters. The van der Waals surface area contributed by atoms with Crippen LogP contribution in [0, 0.1) is 16.7 Å². The Morgan fingerprint density at radius 3 is 1.53 bits per heavy atom. The summed E-state index contributed by atoms with van der Waals surface area (Å²) in [5.74, 6) is 2.00. The summed E-state index contributed by atoms with van der Waals surface area (Å²) in [6, 6.07) is 50.3. The molecule has 3 nitrogen and oxygen atoms in total. The average Bonchev–Trinajstić information content (AvgIpc) is 3.14. The maximum atomic E-state index is 9.98. The molecule has 0 heterocycles. The summed E-state index contributed by atoms with van der Waals surface area (Å²) in [7, 11) is -2.23. The Balaban J connectivity index is 1.29. The molecule has 0 aliphatic heterocycles. The van der Waals surface area contributed by atoms with Gasteiger partial charge in [-0.15, -0.1) is 0 Å². The van der Waals surface area contributed by atoms with Crippen molar-refractivity contribution in [2.24, 2.45) is 16.7 Å². The van der Waals surface area contributed by atoms with Crippen LogP contribution in [0.3, 0.4) is 0 Å². The summed E-state index contributed by atoms with van der Waals surface area (Å²) in [5, 5.41) is 18.2. The molecule has 0 radical (unpaired) electrons. The van der Waals surface area contributed by atoms with Gasteiger partial charge in [0, 0.05) is 6.04 Å². The molecule has 0 aliphatic carbocycles. The number of aromatic hydroxyl groups is 1. The zero-order chi connectivity index (χ0) is 36.5. The van der Waals surface area contributed by atoms with E-state index in [0.717, 1.165) is 31.3 Å². The number of hydrogen-bond acceptors (Lipinski definition) is 3. The van der Waals surface area contributed by atoms with Gasteiger partial charge in [-0.25, -0.2) is 0 Å². The summed E-state index contributed by atoms with van der Waals surface area (Å²) in [4.78, 5) is 0. The number of ether oxygens (including phenoxy) is 1. The van der Waals surface area contributed by atoms with Gasteiger partial charge in [0.25, 0.3) is 0 Å². The van der Waals surface area contributed by atoms with Gasteiger partial charge < -0.3 is 10.4 Å². The quantitative estimate of drug-likeness (QED) is 0.0749. The fourth-order valence-corrected chi connectivity index (χ4v) is 13.6. The van der Waals surface area contributed by atoms with E-state index < -0.39 is 7.26 Å². The van der Waals surface area contributed by atoms with E-state index >= 15 is 0 Å². The number of hydrogen-bond donors (Lipinski definition) is 2. The third kappa shape index (κ3) is 8.43. The molecule has 5 aromatic carbocycles. The van der Waals surface area contributed by atoms with Crippen molar-refractivity contribution in [1.29, 1.82) is 0 Å². The van der Waals surface area contributed by atoms with Gasteiger partial charge in [-0.05, 0) is 24.2 Å². The van der Waals surface area contributed by atoms with Crippen LogP contribution >= 0.6 is 7.26 Å². The van der Waals surface area contributed by atoms with Crippen LogP contribution in [0.15, 0.2) is 140 Å². The number of rotatable bonds is 17. The normalized spacial score (nSPS) is 13.9. The maximum absolute atomic E-state index is 9.98. The Kier molecular flexibility index (Phi) is 12.8. The van der Waals surface area contributed by atoms with Crippen LogP contribution in [0.5, 0.6) is 11.5 Å². The van der Waals surface area contributed by atoms with Crippen molar-refractivity contribution < 1.29 is 9.84 Å². The average molecular weight is 702 g/mol. The van der Waals surface area contributed by atoms with E-state index in [1.54, 1.807) is 12.1 Å². The second kappa shape index (κ2) is 17.1. The summed E-state index contributed by atoms with van der Waals surface area (Å²) in [6.45, 7) is 18.1. The van der Waals surface area contributed by atoms with Gasteiger partial charge in [0.05, 0.1) is 0 Å². The van der Waals surface area contributed by atoms with Crippen LogP contribution in [0.25, 0.3) is 0 Å². The Morgan fingerprint density at radius 2 is 1.08 bits per heavy atom. The molecular formula is C47H60NO2P. The van der Waals surface area contributed by atoms with Gasteiger partial charge in [0.15, 0.2) is 0 Å². The van der Waals surface area contributed by atoms with Crippen LogP contribution in [0.4, 0.5) is 0 Å². The van der Waals surface area contributed by atoms with Crippen molar-refractivity contribution >= 4 is 23.2 Å².